The summed E-state index contributed by atoms with van der Waals surface area (Å²) in [5, 5.41) is -0.544. The van der Waals surface area contributed by atoms with E-state index < -0.39 is 15.1 Å². The van der Waals surface area contributed by atoms with Gasteiger partial charge in [0.15, 0.2) is 9.84 Å². The average Bonchev–Trinajstić information content (AvgIpc) is 2.77. The van der Waals surface area contributed by atoms with E-state index in [1.807, 2.05) is 19.9 Å². The van der Waals surface area contributed by atoms with Crippen molar-refractivity contribution in [2.75, 3.05) is 0 Å². The maximum Gasteiger partial charge on any atom is 0.185 e. The second kappa shape index (κ2) is 4.98. The molecule has 0 saturated heterocycles. The lowest BCUT2D eigenvalue weighted by atomic mass is 10.2. The Balaban J connectivity index is 2.45. The van der Waals surface area contributed by atoms with Gasteiger partial charge in [0, 0.05) is 5.56 Å². The summed E-state index contributed by atoms with van der Waals surface area (Å²) in [5.41, 5.74) is 0.721. The molecular weight excluding hydrogens is 248 g/mol. The second-order valence-electron chi connectivity index (χ2n) is 4.25. The van der Waals surface area contributed by atoms with Crippen LogP contribution in [0.5, 0.6) is 0 Å². The summed E-state index contributed by atoms with van der Waals surface area (Å²) in [6.45, 7) is 3.68. The minimum absolute atomic E-state index is 0.357. The first-order valence-electron chi connectivity index (χ1n) is 5.89. The fourth-order valence-electron chi connectivity index (χ4n) is 2.04. The van der Waals surface area contributed by atoms with Crippen LogP contribution in [0.1, 0.15) is 29.9 Å². The Morgan fingerprint density at radius 3 is 2.39 bits per heavy atom. The zero-order valence-electron chi connectivity index (χ0n) is 10.5. The van der Waals surface area contributed by atoms with Crippen LogP contribution in [0.4, 0.5) is 0 Å². The van der Waals surface area contributed by atoms with Crippen molar-refractivity contribution in [3.63, 3.8) is 0 Å². The SMILES string of the molecule is CCC(c1coc(C)c1)S(=O)(=O)c1ccccc1. The molecule has 96 valence electrons. The van der Waals surface area contributed by atoms with E-state index in [1.54, 1.807) is 30.3 Å². The topological polar surface area (TPSA) is 47.3 Å². The highest BCUT2D eigenvalue weighted by molar-refractivity contribution is 7.91. The highest BCUT2D eigenvalue weighted by atomic mass is 32.2. The zero-order chi connectivity index (χ0) is 13.2. The van der Waals surface area contributed by atoms with Crippen molar-refractivity contribution in [2.24, 2.45) is 0 Å². The summed E-state index contributed by atoms with van der Waals surface area (Å²) >= 11 is 0. The van der Waals surface area contributed by atoms with E-state index in [9.17, 15) is 8.42 Å². The Hall–Kier alpha value is -1.55. The molecule has 2 rings (SSSR count). The van der Waals surface area contributed by atoms with Crippen LogP contribution in [0, 0.1) is 6.92 Å². The Morgan fingerprint density at radius 1 is 1.22 bits per heavy atom. The predicted octanol–water partition coefficient (Wildman–Crippen LogP) is 3.51. The molecule has 4 heteroatoms. The third-order valence-electron chi connectivity index (χ3n) is 2.94. The van der Waals surface area contributed by atoms with Gasteiger partial charge in [-0.15, -0.1) is 0 Å². The van der Waals surface area contributed by atoms with Gasteiger partial charge in [0.25, 0.3) is 0 Å². The lowest BCUT2D eigenvalue weighted by molar-refractivity contribution is 0.529. The van der Waals surface area contributed by atoms with Gasteiger partial charge in [0.1, 0.15) is 5.76 Å². The number of rotatable bonds is 4. The zero-order valence-corrected chi connectivity index (χ0v) is 11.3. The van der Waals surface area contributed by atoms with Crippen molar-refractivity contribution in [3.05, 3.63) is 54.0 Å². The standard InChI is InChI=1S/C14H16O3S/c1-3-14(12-9-11(2)17-10-12)18(15,16)13-7-5-4-6-8-13/h4-10,14H,3H2,1-2H3. The molecule has 0 N–H and O–H groups in total. The van der Waals surface area contributed by atoms with Crippen LogP contribution < -0.4 is 0 Å². The molecule has 1 unspecified atom stereocenters. The molecule has 18 heavy (non-hydrogen) atoms. The summed E-state index contributed by atoms with van der Waals surface area (Å²) in [7, 11) is -3.35. The van der Waals surface area contributed by atoms with Gasteiger partial charge in [0.05, 0.1) is 16.4 Å². The van der Waals surface area contributed by atoms with Crippen LogP contribution >= 0.6 is 0 Å². The summed E-state index contributed by atoms with van der Waals surface area (Å²) in [5.74, 6) is 0.728. The molecule has 1 aromatic heterocycles. The van der Waals surface area contributed by atoms with Crippen LogP contribution in [-0.2, 0) is 9.84 Å². The minimum atomic E-state index is -3.35. The highest BCUT2D eigenvalue weighted by Crippen LogP contribution is 2.32. The number of sulfone groups is 1. The van der Waals surface area contributed by atoms with E-state index in [1.165, 1.54) is 6.26 Å². The molecule has 0 aliphatic heterocycles. The Kier molecular flexibility index (Phi) is 3.57. The Morgan fingerprint density at radius 2 is 1.89 bits per heavy atom. The molecule has 0 saturated carbocycles. The van der Waals surface area contributed by atoms with Crippen LogP contribution in [-0.4, -0.2) is 8.42 Å². The second-order valence-corrected chi connectivity index (χ2v) is 6.38. The minimum Gasteiger partial charge on any atom is -0.469 e. The smallest absolute Gasteiger partial charge is 0.185 e. The van der Waals surface area contributed by atoms with Gasteiger partial charge in [-0.05, 0) is 31.5 Å². The number of benzene rings is 1. The molecule has 0 aliphatic rings. The molecule has 1 atom stereocenters. The van der Waals surface area contributed by atoms with Gasteiger partial charge in [-0.2, -0.15) is 0 Å². The van der Waals surface area contributed by atoms with E-state index >= 15 is 0 Å². The van der Waals surface area contributed by atoms with Crippen molar-refractivity contribution in [1.82, 2.24) is 0 Å². The number of hydrogen-bond acceptors (Lipinski definition) is 3. The van der Waals surface area contributed by atoms with Crippen LogP contribution in [0.15, 0.2) is 52.0 Å². The molecule has 3 nitrogen and oxygen atoms in total. The molecule has 0 radical (unpaired) electrons. The molecule has 2 aromatic rings. The van der Waals surface area contributed by atoms with Crippen LogP contribution in [0.3, 0.4) is 0 Å². The quantitative estimate of drug-likeness (QED) is 0.849. The predicted molar refractivity (Wildman–Crippen MR) is 70.1 cm³/mol. The maximum atomic E-state index is 12.5. The van der Waals surface area contributed by atoms with Gasteiger partial charge in [-0.1, -0.05) is 25.1 Å². The Labute approximate surface area is 107 Å². The third kappa shape index (κ3) is 2.34. The van der Waals surface area contributed by atoms with Gasteiger partial charge >= 0.3 is 0 Å². The largest absolute Gasteiger partial charge is 0.469 e. The lowest BCUT2D eigenvalue weighted by Gasteiger charge is -2.14. The molecule has 1 aromatic carbocycles. The third-order valence-corrected chi connectivity index (χ3v) is 5.22. The van der Waals surface area contributed by atoms with E-state index in [2.05, 4.69) is 0 Å². The molecule has 0 bridgehead atoms. The van der Waals surface area contributed by atoms with E-state index in [0.717, 1.165) is 11.3 Å². The molecule has 0 aliphatic carbocycles. The highest BCUT2D eigenvalue weighted by Gasteiger charge is 2.28. The van der Waals surface area contributed by atoms with Gasteiger partial charge in [-0.25, -0.2) is 8.42 Å². The van der Waals surface area contributed by atoms with Crippen molar-refractivity contribution < 1.29 is 12.8 Å². The summed E-state index contributed by atoms with van der Waals surface area (Å²) < 4.78 is 30.3. The lowest BCUT2D eigenvalue weighted by Crippen LogP contribution is -2.12. The normalized spacial score (nSPS) is 13.4. The first-order valence-corrected chi connectivity index (χ1v) is 7.44. The molecule has 0 spiro atoms. The van der Waals surface area contributed by atoms with E-state index in [-0.39, 0.29) is 0 Å². The number of aryl methyl sites for hydroxylation is 1. The fourth-order valence-corrected chi connectivity index (χ4v) is 3.83. The first kappa shape index (κ1) is 12.9. The molecular formula is C14H16O3S. The van der Waals surface area contributed by atoms with Crippen LogP contribution in [0.2, 0.25) is 0 Å². The van der Waals surface area contributed by atoms with E-state index in [4.69, 9.17) is 4.42 Å². The fraction of sp³-hybridized carbons (Fsp3) is 0.286. The molecule has 0 fully saturated rings. The van der Waals surface area contributed by atoms with Crippen molar-refractivity contribution in [1.29, 1.82) is 0 Å². The first-order chi connectivity index (χ1) is 8.55. The van der Waals surface area contributed by atoms with Crippen LogP contribution in [0.25, 0.3) is 0 Å². The van der Waals surface area contributed by atoms with Gasteiger partial charge in [-0.3, -0.25) is 0 Å². The maximum absolute atomic E-state index is 12.5. The van der Waals surface area contributed by atoms with Gasteiger partial charge < -0.3 is 4.42 Å². The summed E-state index contributed by atoms with van der Waals surface area (Å²) in [4.78, 5) is 0.357. The monoisotopic (exact) mass is 264 g/mol. The summed E-state index contributed by atoms with van der Waals surface area (Å²) in [6.07, 6.45) is 2.06. The van der Waals surface area contributed by atoms with Crippen molar-refractivity contribution in [2.45, 2.75) is 30.4 Å². The molecule has 0 amide bonds. The molecule has 1 heterocycles. The Bertz CT molecular complexity index is 611. The number of furan rings is 1. The van der Waals surface area contributed by atoms with Gasteiger partial charge in [0.2, 0.25) is 0 Å². The average molecular weight is 264 g/mol. The number of hydrogen-bond donors (Lipinski definition) is 0. The van der Waals surface area contributed by atoms with Crippen molar-refractivity contribution in [3.8, 4) is 0 Å². The van der Waals surface area contributed by atoms with E-state index in [0.29, 0.717) is 11.3 Å². The summed E-state index contributed by atoms with van der Waals surface area (Å²) in [6, 6.07) is 10.3. The van der Waals surface area contributed by atoms with Crippen molar-refractivity contribution >= 4 is 9.84 Å².